The standard InChI is InChI=1S/C12H22N2O/c1-12(2)5-9(6-13-12)14-7-10-3-4-11(8-14)15-10/h9-11,13H,3-8H2,1-2H3. The van der Waals surface area contributed by atoms with E-state index < -0.39 is 0 Å². The maximum absolute atomic E-state index is 5.88. The van der Waals surface area contributed by atoms with Crippen molar-refractivity contribution >= 4 is 0 Å². The number of fused-ring (bicyclic) bond motifs is 2. The van der Waals surface area contributed by atoms with E-state index in [1.807, 2.05) is 0 Å². The summed E-state index contributed by atoms with van der Waals surface area (Å²) in [6.45, 7) is 8.11. The Morgan fingerprint density at radius 2 is 1.87 bits per heavy atom. The molecular formula is C12H22N2O. The molecule has 15 heavy (non-hydrogen) atoms. The van der Waals surface area contributed by atoms with E-state index in [0.717, 1.165) is 12.6 Å². The van der Waals surface area contributed by atoms with Gasteiger partial charge in [-0.25, -0.2) is 0 Å². The lowest BCUT2D eigenvalue weighted by Gasteiger charge is -2.36. The lowest BCUT2D eigenvalue weighted by molar-refractivity contribution is -0.0507. The average Bonchev–Trinajstić information content (AvgIpc) is 2.70. The van der Waals surface area contributed by atoms with Crippen LogP contribution in [0.25, 0.3) is 0 Å². The second-order valence-electron chi connectivity index (χ2n) is 6.03. The molecule has 3 rings (SSSR count). The first-order valence-corrected chi connectivity index (χ1v) is 6.27. The third-order valence-electron chi connectivity index (χ3n) is 4.15. The second kappa shape index (κ2) is 3.44. The maximum atomic E-state index is 5.88. The van der Waals surface area contributed by atoms with E-state index in [0.29, 0.717) is 17.7 Å². The van der Waals surface area contributed by atoms with Crippen molar-refractivity contribution in [2.24, 2.45) is 0 Å². The summed E-state index contributed by atoms with van der Waals surface area (Å²) in [5, 5.41) is 3.61. The van der Waals surface area contributed by atoms with Crippen LogP contribution in [0, 0.1) is 0 Å². The molecule has 3 fully saturated rings. The highest BCUT2D eigenvalue weighted by Gasteiger charge is 2.40. The average molecular weight is 210 g/mol. The number of hydrogen-bond acceptors (Lipinski definition) is 3. The normalized spacial score (nSPS) is 44.8. The van der Waals surface area contributed by atoms with Crippen molar-refractivity contribution in [3.63, 3.8) is 0 Å². The van der Waals surface area contributed by atoms with Crippen LogP contribution in [0.15, 0.2) is 0 Å². The first-order valence-electron chi connectivity index (χ1n) is 6.27. The fraction of sp³-hybridized carbons (Fsp3) is 1.00. The molecule has 0 amide bonds. The number of morpholine rings is 1. The molecule has 1 N–H and O–H groups in total. The number of ether oxygens (including phenoxy) is 1. The number of likely N-dealkylation sites (tertiary alicyclic amines) is 1. The van der Waals surface area contributed by atoms with E-state index in [4.69, 9.17) is 4.74 Å². The molecule has 3 nitrogen and oxygen atoms in total. The highest BCUT2D eigenvalue weighted by molar-refractivity contribution is 4.97. The van der Waals surface area contributed by atoms with Crippen molar-refractivity contribution in [3.8, 4) is 0 Å². The summed E-state index contributed by atoms with van der Waals surface area (Å²) in [4.78, 5) is 2.66. The maximum Gasteiger partial charge on any atom is 0.0707 e. The SMILES string of the molecule is CC1(C)CC(N2CC3CCC(C2)O3)CN1. The van der Waals surface area contributed by atoms with Gasteiger partial charge >= 0.3 is 0 Å². The summed E-state index contributed by atoms with van der Waals surface area (Å²) in [7, 11) is 0. The molecule has 3 atom stereocenters. The van der Waals surface area contributed by atoms with Gasteiger partial charge in [0.1, 0.15) is 0 Å². The van der Waals surface area contributed by atoms with Crippen LogP contribution in [0.3, 0.4) is 0 Å². The van der Waals surface area contributed by atoms with E-state index in [-0.39, 0.29) is 0 Å². The molecule has 0 radical (unpaired) electrons. The smallest absolute Gasteiger partial charge is 0.0707 e. The molecule has 0 aromatic heterocycles. The van der Waals surface area contributed by atoms with Crippen molar-refractivity contribution in [2.45, 2.75) is 56.9 Å². The second-order valence-corrected chi connectivity index (χ2v) is 6.03. The minimum absolute atomic E-state index is 0.335. The number of nitrogens with zero attached hydrogens (tertiary/aromatic N) is 1. The van der Waals surface area contributed by atoms with Crippen LogP contribution < -0.4 is 5.32 Å². The Morgan fingerprint density at radius 3 is 2.40 bits per heavy atom. The van der Waals surface area contributed by atoms with E-state index in [1.165, 1.54) is 32.4 Å². The van der Waals surface area contributed by atoms with Gasteiger partial charge in [-0.3, -0.25) is 4.90 Å². The first-order chi connectivity index (χ1) is 7.12. The molecule has 3 heteroatoms. The van der Waals surface area contributed by atoms with Gasteiger partial charge in [0.05, 0.1) is 12.2 Å². The molecule has 86 valence electrons. The van der Waals surface area contributed by atoms with Crippen LogP contribution >= 0.6 is 0 Å². The molecule has 3 aliphatic heterocycles. The van der Waals surface area contributed by atoms with Crippen LogP contribution in [0.4, 0.5) is 0 Å². The zero-order chi connectivity index (χ0) is 10.5. The van der Waals surface area contributed by atoms with Crippen LogP contribution in [-0.2, 0) is 4.74 Å². The third kappa shape index (κ3) is 1.93. The Balaban J connectivity index is 1.64. The van der Waals surface area contributed by atoms with Crippen LogP contribution in [-0.4, -0.2) is 48.3 Å². The summed E-state index contributed by atoms with van der Waals surface area (Å²) in [6.07, 6.45) is 4.92. The van der Waals surface area contributed by atoms with Gasteiger partial charge in [-0.1, -0.05) is 0 Å². The van der Waals surface area contributed by atoms with Crippen molar-refractivity contribution < 1.29 is 4.74 Å². The number of rotatable bonds is 1. The summed E-state index contributed by atoms with van der Waals surface area (Å²) < 4.78 is 5.88. The Bertz CT molecular complexity index is 242. The zero-order valence-electron chi connectivity index (χ0n) is 9.83. The van der Waals surface area contributed by atoms with E-state index in [1.54, 1.807) is 0 Å². The highest BCUT2D eigenvalue weighted by Crippen LogP contribution is 2.30. The summed E-state index contributed by atoms with van der Waals surface area (Å²) in [6, 6.07) is 0.743. The molecule has 2 bridgehead atoms. The predicted molar refractivity (Wildman–Crippen MR) is 60.0 cm³/mol. The van der Waals surface area contributed by atoms with Crippen LogP contribution in [0.5, 0.6) is 0 Å². The molecule has 0 saturated carbocycles. The van der Waals surface area contributed by atoms with E-state index >= 15 is 0 Å². The molecule has 0 aromatic carbocycles. The fourth-order valence-electron chi connectivity index (χ4n) is 3.33. The summed E-state index contributed by atoms with van der Waals surface area (Å²) >= 11 is 0. The molecule has 3 saturated heterocycles. The van der Waals surface area contributed by atoms with Crippen molar-refractivity contribution in [2.75, 3.05) is 19.6 Å². The first kappa shape index (κ1) is 10.1. The Hall–Kier alpha value is -0.120. The molecule has 3 unspecified atom stereocenters. The largest absolute Gasteiger partial charge is 0.372 e. The van der Waals surface area contributed by atoms with Gasteiger partial charge in [-0.15, -0.1) is 0 Å². The quantitative estimate of drug-likeness (QED) is 0.698. The van der Waals surface area contributed by atoms with Crippen molar-refractivity contribution in [1.29, 1.82) is 0 Å². The molecular weight excluding hydrogens is 188 g/mol. The van der Waals surface area contributed by atoms with Gasteiger partial charge < -0.3 is 10.1 Å². The van der Waals surface area contributed by atoms with Gasteiger partial charge in [0.25, 0.3) is 0 Å². The van der Waals surface area contributed by atoms with Gasteiger partial charge in [-0.2, -0.15) is 0 Å². The summed E-state index contributed by atoms with van der Waals surface area (Å²) in [5.74, 6) is 0. The van der Waals surface area contributed by atoms with Gasteiger partial charge in [-0.05, 0) is 33.1 Å². The Morgan fingerprint density at radius 1 is 1.20 bits per heavy atom. The minimum atomic E-state index is 0.335. The zero-order valence-corrected chi connectivity index (χ0v) is 9.83. The predicted octanol–water partition coefficient (Wildman–Crippen LogP) is 0.990. The Labute approximate surface area is 92.2 Å². The lowest BCUT2D eigenvalue weighted by atomic mass is 10.0. The van der Waals surface area contributed by atoms with Crippen LogP contribution in [0.1, 0.15) is 33.1 Å². The van der Waals surface area contributed by atoms with Gasteiger partial charge in [0, 0.05) is 31.2 Å². The highest BCUT2D eigenvalue weighted by atomic mass is 16.5. The van der Waals surface area contributed by atoms with Crippen LogP contribution in [0.2, 0.25) is 0 Å². The molecule has 0 aliphatic carbocycles. The lowest BCUT2D eigenvalue weighted by Crippen LogP contribution is -2.48. The monoisotopic (exact) mass is 210 g/mol. The molecule has 0 spiro atoms. The van der Waals surface area contributed by atoms with E-state index in [9.17, 15) is 0 Å². The topological polar surface area (TPSA) is 24.5 Å². The van der Waals surface area contributed by atoms with Crippen molar-refractivity contribution in [3.05, 3.63) is 0 Å². The van der Waals surface area contributed by atoms with E-state index in [2.05, 4.69) is 24.1 Å². The molecule has 0 aromatic rings. The third-order valence-corrected chi connectivity index (χ3v) is 4.15. The molecule has 3 heterocycles. The van der Waals surface area contributed by atoms with Gasteiger partial charge in [0.15, 0.2) is 0 Å². The Kier molecular flexibility index (Phi) is 2.31. The fourth-order valence-corrected chi connectivity index (χ4v) is 3.33. The van der Waals surface area contributed by atoms with Crippen molar-refractivity contribution in [1.82, 2.24) is 10.2 Å². The summed E-state index contributed by atoms with van der Waals surface area (Å²) in [5.41, 5.74) is 0.335. The number of nitrogens with one attached hydrogen (secondary N) is 1. The van der Waals surface area contributed by atoms with Gasteiger partial charge in [0.2, 0.25) is 0 Å². The minimum Gasteiger partial charge on any atom is -0.372 e. The molecule has 3 aliphatic rings. The number of hydrogen-bond donors (Lipinski definition) is 1.